The molecule has 0 aliphatic carbocycles. The zero-order chi connectivity index (χ0) is 15.2. The highest BCUT2D eigenvalue weighted by atomic mass is 16.6. The van der Waals surface area contributed by atoms with Crippen LogP contribution in [0.3, 0.4) is 0 Å². The minimum atomic E-state index is -0.478. The summed E-state index contributed by atoms with van der Waals surface area (Å²) in [7, 11) is 1.35. The molecule has 20 heavy (non-hydrogen) atoms. The van der Waals surface area contributed by atoms with Gasteiger partial charge in [0.25, 0.3) is 0 Å². The van der Waals surface area contributed by atoms with Crippen LogP contribution in [-0.2, 0) is 14.3 Å². The van der Waals surface area contributed by atoms with Crippen LogP contribution >= 0.6 is 0 Å². The van der Waals surface area contributed by atoms with Crippen molar-refractivity contribution < 1.29 is 19.1 Å². The van der Waals surface area contributed by atoms with Crippen molar-refractivity contribution in [3.63, 3.8) is 0 Å². The summed E-state index contributed by atoms with van der Waals surface area (Å²) in [6, 6.07) is 0. The van der Waals surface area contributed by atoms with Crippen LogP contribution < -0.4 is 0 Å². The van der Waals surface area contributed by atoms with Gasteiger partial charge < -0.3 is 19.3 Å². The van der Waals surface area contributed by atoms with E-state index in [1.807, 2.05) is 25.7 Å². The monoisotopic (exact) mass is 284 g/mol. The van der Waals surface area contributed by atoms with Crippen LogP contribution in [0, 0.1) is 0 Å². The molecule has 1 rings (SSSR count). The summed E-state index contributed by atoms with van der Waals surface area (Å²) < 4.78 is 9.91. The van der Waals surface area contributed by atoms with Gasteiger partial charge in [-0.25, -0.2) is 9.59 Å². The fourth-order valence-corrected chi connectivity index (χ4v) is 1.83. The van der Waals surface area contributed by atoms with Gasteiger partial charge in [-0.3, -0.25) is 0 Å². The molecule has 114 valence electrons. The lowest BCUT2D eigenvalue weighted by atomic mass is 10.2. The Hall–Kier alpha value is -1.72. The molecular formula is C14H24N2O4. The highest BCUT2D eigenvalue weighted by molar-refractivity contribution is 5.81. The molecule has 1 heterocycles. The standard InChI is InChI=1S/C14H24N2O4/c1-14(2,3)20-13(18)16-8-5-7-15(10-11-16)9-6-12(17)19-4/h6,9H,5,7-8,10-11H2,1-4H3/b9-6+. The van der Waals surface area contributed by atoms with Gasteiger partial charge >= 0.3 is 12.1 Å². The van der Waals surface area contributed by atoms with E-state index in [-0.39, 0.29) is 12.1 Å². The summed E-state index contributed by atoms with van der Waals surface area (Å²) in [4.78, 5) is 26.7. The normalized spacial score (nSPS) is 17.0. The molecule has 6 heteroatoms. The van der Waals surface area contributed by atoms with Crippen LogP contribution in [0.5, 0.6) is 0 Å². The van der Waals surface area contributed by atoms with Crippen molar-refractivity contribution in [2.24, 2.45) is 0 Å². The van der Waals surface area contributed by atoms with Crippen LogP contribution in [-0.4, -0.2) is 60.8 Å². The second-order valence-electron chi connectivity index (χ2n) is 5.70. The third kappa shape index (κ3) is 5.95. The lowest BCUT2D eigenvalue weighted by molar-refractivity contribution is -0.134. The van der Waals surface area contributed by atoms with Gasteiger partial charge in [-0.05, 0) is 27.2 Å². The largest absolute Gasteiger partial charge is 0.466 e. The van der Waals surface area contributed by atoms with Crippen molar-refractivity contribution >= 4 is 12.1 Å². The molecule has 1 saturated heterocycles. The predicted octanol–water partition coefficient (Wildman–Crippen LogP) is 1.62. The fourth-order valence-electron chi connectivity index (χ4n) is 1.83. The van der Waals surface area contributed by atoms with E-state index >= 15 is 0 Å². The fraction of sp³-hybridized carbons (Fsp3) is 0.714. The van der Waals surface area contributed by atoms with Crippen molar-refractivity contribution in [2.45, 2.75) is 32.8 Å². The molecule has 0 bridgehead atoms. The van der Waals surface area contributed by atoms with Crippen molar-refractivity contribution in [3.05, 3.63) is 12.3 Å². The first-order valence-corrected chi connectivity index (χ1v) is 6.80. The number of esters is 1. The van der Waals surface area contributed by atoms with E-state index in [0.29, 0.717) is 19.6 Å². The summed E-state index contributed by atoms with van der Waals surface area (Å²) in [6.45, 7) is 8.29. The summed E-state index contributed by atoms with van der Waals surface area (Å²) >= 11 is 0. The number of carbonyl (C=O) groups excluding carboxylic acids is 2. The quantitative estimate of drug-likeness (QED) is 0.569. The average Bonchev–Trinajstić information content (AvgIpc) is 2.59. The van der Waals surface area contributed by atoms with Crippen molar-refractivity contribution in [3.8, 4) is 0 Å². The summed E-state index contributed by atoms with van der Waals surface area (Å²) in [5.74, 6) is -0.377. The van der Waals surface area contributed by atoms with Crippen LogP contribution in [0.1, 0.15) is 27.2 Å². The SMILES string of the molecule is COC(=O)/C=C/N1CCCN(C(=O)OC(C)(C)C)CC1. The maximum atomic E-state index is 12.0. The van der Waals surface area contributed by atoms with Crippen LogP contribution in [0.2, 0.25) is 0 Å². The number of amides is 1. The van der Waals surface area contributed by atoms with Gasteiger partial charge in [0.1, 0.15) is 5.60 Å². The van der Waals surface area contributed by atoms with E-state index in [2.05, 4.69) is 4.74 Å². The predicted molar refractivity (Wildman–Crippen MR) is 75.2 cm³/mol. The maximum absolute atomic E-state index is 12.0. The Morgan fingerprint density at radius 2 is 1.80 bits per heavy atom. The van der Waals surface area contributed by atoms with Crippen molar-refractivity contribution in [1.29, 1.82) is 0 Å². The van der Waals surface area contributed by atoms with Gasteiger partial charge in [0.05, 0.1) is 7.11 Å². The summed E-state index contributed by atoms with van der Waals surface area (Å²) in [6.07, 6.45) is 3.66. The molecule has 0 N–H and O–H groups in total. The van der Waals surface area contributed by atoms with Gasteiger partial charge in [0.15, 0.2) is 0 Å². The molecule has 1 aliphatic heterocycles. The Labute approximate surface area is 120 Å². The molecule has 0 aromatic heterocycles. The molecule has 6 nitrogen and oxygen atoms in total. The molecular weight excluding hydrogens is 260 g/mol. The molecule has 0 aromatic rings. The zero-order valence-corrected chi connectivity index (χ0v) is 12.7. The van der Waals surface area contributed by atoms with E-state index in [0.717, 1.165) is 13.0 Å². The third-order valence-electron chi connectivity index (χ3n) is 2.80. The number of nitrogens with zero attached hydrogens (tertiary/aromatic N) is 2. The lowest BCUT2D eigenvalue weighted by Gasteiger charge is -2.26. The number of hydrogen-bond acceptors (Lipinski definition) is 5. The first-order valence-electron chi connectivity index (χ1n) is 6.80. The minimum absolute atomic E-state index is 0.281. The Balaban J connectivity index is 2.49. The summed E-state index contributed by atoms with van der Waals surface area (Å²) in [5, 5.41) is 0. The van der Waals surface area contributed by atoms with E-state index in [1.165, 1.54) is 13.2 Å². The zero-order valence-electron chi connectivity index (χ0n) is 12.7. The Morgan fingerprint density at radius 1 is 1.10 bits per heavy atom. The van der Waals surface area contributed by atoms with E-state index in [1.54, 1.807) is 11.1 Å². The van der Waals surface area contributed by atoms with Gasteiger partial charge in [0, 0.05) is 38.5 Å². The smallest absolute Gasteiger partial charge is 0.410 e. The molecule has 0 atom stereocenters. The highest BCUT2D eigenvalue weighted by Crippen LogP contribution is 2.12. The van der Waals surface area contributed by atoms with Crippen molar-refractivity contribution in [1.82, 2.24) is 9.80 Å². The molecule has 0 radical (unpaired) electrons. The van der Waals surface area contributed by atoms with Gasteiger partial charge in [0.2, 0.25) is 0 Å². The van der Waals surface area contributed by atoms with E-state index in [9.17, 15) is 9.59 Å². The van der Waals surface area contributed by atoms with Gasteiger partial charge in [-0.2, -0.15) is 0 Å². The molecule has 0 spiro atoms. The number of ether oxygens (including phenoxy) is 2. The topological polar surface area (TPSA) is 59.1 Å². The van der Waals surface area contributed by atoms with Crippen LogP contribution in [0.25, 0.3) is 0 Å². The minimum Gasteiger partial charge on any atom is -0.466 e. The Kier molecular flexibility index (Phi) is 5.85. The van der Waals surface area contributed by atoms with Gasteiger partial charge in [-0.1, -0.05) is 0 Å². The highest BCUT2D eigenvalue weighted by Gasteiger charge is 2.23. The number of methoxy groups -OCH3 is 1. The molecule has 0 unspecified atom stereocenters. The van der Waals surface area contributed by atoms with Crippen LogP contribution in [0.15, 0.2) is 12.3 Å². The number of rotatable bonds is 2. The van der Waals surface area contributed by atoms with E-state index in [4.69, 9.17) is 4.74 Å². The van der Waals surface area contributed by atoms with E-state index < -0.39 is 5.60 Å². The molecule has 1 aliphatic rings. The first kappa shape index (κ1) is 16.3. The number of carbonyl (C=O) groups is 2. The Morgan fingerprint density at radius 3 is 2.40 bits per heavy atom. The maximum Gasteiger partial charge on any atom is 0.410 e. The van der Waals surface area contributed by atoms with Crippen LogP contribution in [0.4, 0.5) is 4.79 Å². The lowest BCUT2D eigenvalue weighted by Crippen LogP contribution is -2.38. The first-order chi connectivity index (χ1) is 9.31. The number of hydrogen-bond donors (Lipinski definition) is 0. The molecule has 1 fully saturated rings. The third-order valence-corrected chi connectivity index (χ3v) is 2.80. The molecule has 0 saturated carbocycles. The molecule has 0 aromatic carbocycles. The van der Waals surface area contributed by atoms with Gasteiger partial charge in [-0.15, -0.1) is 0 Å². The molecule has 1 amide bonds. The second-order valence-corrected chi connectivity index (χ2v) is 5.70. The Bertz CT molecular complexity index is 374. The van der Waals surface area contributed by atoms with Crippen molar-refractivity contribution in [2.75, 3.05) is 33.3 Å². The average molecular weight is 284 g/mol. The summed E-state index contributed by atoms with van der Waals surface area (Å²) in [5.41, 5.74) is -0.478. The second kappa shape index (κ2) is 7.17.